The number of thioether (sulfide) groups is 1. The minimum absolute atomic E-state index is 0.131. The smallest absolute Gasteiger partial charge is 0.252 e. The Morgan fingerprint density at radius 2 is 2.00 bits per heavy atom. The predicted molar refractivity (Wildman–Crippen MR) is 116 cm³/mol. The van der Waals surface area contributed by atoms with Gasteiger partial charge < -0.3 is 9.47 Å². The number of hydrogen-bond acceptors (Lipinski definition) is 5. The first-order valence-corrected chi connectivity index (χ1v) is 10.2. The largest absolute Gasteiger partial charge is 0.490 e. The lowest BCUT2D eigenvalue weighted by Crippen LogP contribution is -2.27. The number of rotatable bonds is 11. The third-order valence-electron chi connectivity index (χ3n) is 3.72. The Morgan fingerprint density at radius 1 is 1.21 bits per heavy atom. The van der Waals surface area contributed by atoms with Crippen LogP contribution < -0.4 is 14.9 Å². The van der Waals surface area contributed by atoms with Crippen LogP contribution in [0.25, 0.3) is 0 Å². The maximum atomic E-state index is 12.2. The highest BCUT2D eigenvalue weighted by molar-refractivity contribution is 7.99. The van der Waals surface area contributed by atoms with E-state index in [1.54, 1.807) is 24.1 Å². The topological polar surface area (TPSA) is 59.9 Å². The number of carbonyl (C=O) groups excluding carboxylic acids is 1. The van der Waals surface area contributed by atoms with Gasteiger partial charge in [-0.1, -0.05) is 43.0 Å². The first kappa shape index (κ1) is 21.6. The van der Waals surface area contributed by atoms with Crippen molar-refractivity contribution in [2.45, 2.75) is 24.9 Å². The molecule has 2 aromatic carbocycles. The van der Waals surface area contributed by atoms with Crippen molar-refractivity contribution in [3.05, 3.63) is 72.3 Å². The zero-order valence-electron chi connectivity index (χ0n) is 16.3. The van der Waals surface area contributed by atoms with E-state index in [0.717, 1.165) is 11.3 Å². The standard InChI is InChI=1S/C22H26N2O3S/c1-4-13-27-20-12-11-19(14-21(20)26-5-2)15-23-24-22(25)17(3)28-16-18-9-7-6-8-10-18/h4,6-12,14-15,17H,1,5,13,16H2,2-3H3,(H,24,25)/b23-15-/t17-/m0/s1. The first-order valence-electron chi connectivity index (χ1n) is 9.13. The molecule has 0 heterocycles. The first-order chi connectivity index (χ1) is 13.6. The summed E-state index contributed by atoms with van der Waals surface area (Å²) in [5.41, 5.74) is 4.59. The maximum absolute atomic E-state index is 12.2. The highest BCUT2D eigenvalue weighted by Gasteiger charge is 2.12. The zero-order valence-corrected chi connectivity index (χ0v) is 17.1. The molecule has 2 rings (SSSR count). The SMILES string of the molecule is C=CCOc1ccc(/C=N\NC(=O)[C@H](C)SCc2ccccc2)cc1OCC. The Kier molecular flexibility index (Phi) is 9.15. The summed E-state index contributed by atoms with van der Waals surface area (Å²) in [5, 5.41) is 3.86. The molecular weight excluding hydrogens is 372 g/mol. The Balaban J connectivity index is 1.89. The van der Waals surface area contributed by atoms with Gasteiger partial charge in [-0.15, -0.1) is 11.8 Å². The number of amides is 1. The monoisotopic (exact) mass is 398 g/mol. The second kappa shape index (κ2) is 11.9. The molecule has 0 spiro atoms. The van der Waals surface area contributed by atoms with Crippen LogP contribution in [0.2, 0.25) is 0 Å². The molecule has 0 radical (unpaired) electrons. The van der Waals surface area contributed by atoms with Crippen molar-refractivity contribution in [2.75, 3.05) is 13.2 Å². The molecule has 1 atom stereocenters. The lowest BCUT2D eigenvalue weighted by Gasteiger charge is -2.11. The van der Waals surface area contributed by atoms with Crippen LogP contribution in [-0.2, 0) is 10.5 Å². The number of nitrogens with zero attached hydrogens (tertiary/aromatic N) is 1. The molecule has 0 saturated heterocycles. The average molecular weight is 399 g/mol. The van der Waals surface area contributed by atoms with Crippen LogP contribution in [0.1, 0.15) is 25.0 Å². The van der Waals surface area contributed by atoms with Crippen LogP contribution in [0, 0.1) is 0 Å². The molecule has 1 N–H and O–H groups in total. The molecule has 0 fully saturated rings. The van der Waals surface area contributed by atoms with Gasteiger partial charge in [0.2, 0.25) is 0 Å². The van der Waals surface area contributed by atoms with E-state index in [2.05, 4.69) is 17.1 Å². The molecule has 0 aromatic heterocycles. The lowest BCUT2D eigenvalue weighted by atomic mass is 10.2. The quantitative estimate of drug-likeness (QED) is 0.346. The van der Waals surface area contributed by atoms with Crippen LogP contribution in [0.4, 0.5) is 0 Å². The van der Waals surface area contributed by atoms with Gasteiger partial charge in [-0.25, -0.2) is 5.43 Å². The summed E-state index contributed by atoms with van der Waals surface area (Å²) in [7, 11) is 0. The van der Waals surface area contributed by atoms with Crippen LogP contribution in [0.15, 0.2) is 66.3 Å². The van der Waals surface area contributed by atoms with E-state index < -0.39 is 0 Å². The Hall–Kier alpha value is -2.73. The summed E-state index contributed by atoms with van der Waals surface area (Å²) >= 11 is 1.57. The van der Waals surface area contributed by atoms with Gasteiger partial charge in [-0.05, 0) is 43.2 Å². The predicted octanol–water partition coefficient (Wildman–Crippen LogP) is 4.42. The van der Waals surface area contributed by atoms with Crippen molar-refractivity contribution in [3.63, 3.8) is 0 Å². The average Bonchev–Trinajstić information content (AvgIpc) is 2.72. The highest BCUT2D eigenvalue weighted by Crippen LogP contribution is 2.28. The Labute approximate surface area is 170 Å². The fourth-order valence-electron chi connectivity index (χ4n) is 2.27. The lowest BCUT2D eigenvalue weighted by molar-refractivity contribution is -0.120. The van der Waals surface area contributed by atoms with Crippen molar-refractivity contribution >= 4 is 23.9 Å². The minimum Gasteiger partial charge on any atom is -0.490 e. The molecule has 0 aliphatic rings. The molecule has 0 bridgehead atoms. The second-order valence-corrected chi connectivity index (χ2v) is 7.24. The molecule has 1 amide bonds. The second-order valence-electron chi connectivity index (χ2n) is 5.91. The van der Waals surface area contributed by atoms with Gasteiger partial charge in [0.1, 0.15) is 6.61 Å². The van der Waals surface area contributed by atoms with E-state index in [9.17, 15) is 4.79 Å². The summed E-state index contributed by atoms with van der Waals surface area (Å²) < 4.78 is 11.2. The maximum Gasteiger partial charge on any atom is 0.252 e. The summed E-state index contributed by atoms with van der Waals surface area (Å²) in [4.78, 5) is 12.2. The summed E-state index contributed by atoms with van der Waals surface area (Å²) in [6, 6.07) is 15.6. The van der Waals surface area contributed by atoms with Crippen LogP contribution in [-0.4, -0.2) is 30.6 Å². The molecule has 6 heteroatoms. The van der Waals surface area contributed by atoms with Crippen molar-refractivity contribution < 1.29 is 14.3 Å². The Morgan fingerprint density at radius 3 is 2.71 bits per heavy atom. The number of benzene rings is 2. The van der Waals surface area contributed by atoms with Gasteiger partial charge in [0.05, 0.1) is 18.1 Å². The zero-order chi connectivity index (χ0) is 20.2. The van der Waals surface area contributed by atoms with Gasteiger partial charge >= 0.3 is 0 Å². The van der Waals surface area contributed by atoms with E-state index in [1.165, 1.54) is 5.56 Å². The molecule has 0 aliphatic heterocycles. The van der Waals surface area contributed by atoms with Crippen LogP contribution in [0.3, 0.4) is 0 Å². The fourth-order valence-corrected chi connectivity index (χ4v) is 3.11. The van der Waals surface area contributed by atoms with E-state index in [1.807, 2.05) is 62.4 Å². The molecule has 2 aromatic rings. The third-order valence-corrected chi connectivity index (χ3v) is 4.94. The van der Waals surface area contributed by atoms with Crippen molar-refractivity contribution in [2.24, 2.45) is 5.10 Å². The van der Waals surface area contributed by atoms with E-state index in [0.29, 0.717) is 24.7 Å². The summed E-state index contributed by atoms with van der Waals surface area (Å²) in [6.07, 6.45) is 3.27. The molecule has 148 valence electrons. The molecule has 28 heavy (non-hydrogen) atoms. The molecule has 5 nitrogen and oxygen atoms in total. The van der Waals surface area contributed by atoms with E-state index in [-0.39, 0.29) is 11.2 Å². The highest BCUT2D eigenvalue weighted by atomic mass is 32.2. The van der Waals surface area contributed by atoms with Gasteiger partial charge in [0.25, 0.3) is 5.91 Å². The third kappa shape index (κ3) is 7.12. The van der Waals surface area contributed by atoms with Gasteiger partial charge in [0.15, 0.2) is 11.5 Å². The molecule has 0 unspecified atom stereocenters. The van der Waals surface area contributed by atoms with Crippen LogP contribution >= 0.6 is 11.8 Å². The number of ether oxygens (including phenoxy) is 2. The van der Waals surface area contributed by atoms with Gasteiger partial charge in [-0.2, -0.15) is 5.10 Å². The minimum atomic E-state index is -0.203. The summed E-state index contributed by atoms with van der Waals surface area (Å²) in [5.74, 6) is 1.93. The molecular formula is C22H26N2O3S. The van der Waals surface area contributed by atoms with Gasteiger partial charge in [0, 0.05) is 5.75 Å². The van der Waals surface area contributed by atoms with E-state index in [4.69, 9.17) is 9.47 Å². The van der Waals surface area contributed by atoms with E-state index >= 15 is 0 Å². The molecule has 0 saturated carbocycles. The van der Waals surface area contributed by atoms with Crippen molar-refractivity contribution in [1.29, 1.82) is 0 Å². The number of hydrazone groups is 1. The number of hydrogen-bond donors (Lipinski definition) is 1. The fraction of sp³-hybridized carbons (Fsp3) is 0.273. The number of nitrogens with one attached hydrogen (secondary N) is 1. The van der Waals surface area contributed by atoms with Crippen LogP contribution in [0.5, 0.6) is 11.5 Å². The normalized spacial score (nSPS) is 11.8. The number of carbonyl (C=O) groups is 1. The molecule has 0 aliphatic carbocycles. The van der Waals surface area contributed by atoms with Crippen molar-refractivity contribution in [1.82, 2.24) is 5.43 Å². The summed E-state index contributed by atoms with van der Waals surface area (Å²) in [6.45, 7) is 8.35. The Bertz CT molecular complexity index is 794. The van der Waals surface area contributed by atoms with Crippen molar-refractivity contribution in [3.8, 4) is 11.5 Å². The van der Waals surface area contributed by atoms with Gasteiger partial charge in [-0.3, -0.25) is 4.79 Å².